The Hall–Kier alpha value is -5.71. The quantitative estimate of drug-likeness (QED) is 0.0764. The van der Waals surface area contributed by atoms with Gasteiger partial charge in [0.1, 0.15) is 5.60 Å². The van der Waals surface area contributed by atoms with E-state index >= 15 is 0 Å². The van der Waals surface area contributed by atoms with Crippen LogP contribution in [-0.4, -0.2) is 141 Å². The molecule has 0 aromatic heterocycles. The standard InChI is InChI=1S/C19H25NO4.C16H19NO3.C15H18N2O3.C14H17NO2.4H2S/c1-18(2,3)24-17(22)20-8-7-19(12-20)10-14-6-5-13(16(21)23-4)9-15(14)11-19;1-11(18)17-6-5-16(10-17)8-13-4-3-12(15(19)20-2)7-14(13)9-16;1-10(18)17-5-4-15(9-17)7-12-3-2-11(14(19)16-20)6-13(12)8-15;1-17-13(16)10-2-3-11-7-14(4-5-15-9-14)8-12(11)6-10;;;;/h5-6,9H,7-8,10-12H2,1-4H3;3-4,7H,5-6,8-10H2,1-2H3;2-3,6,20H,4-5,7-9H2,1H3,(H,16,19);2-3,6,15H,4-5,7-9H2,1H3;4*1H2/t19-;16-;15-;14-;;;;/m0000..../s1. The Bertz CT molecular complexity index is 3040. The fourth-order valence-electron chi connectivity index (χ4n) is 14.1. The first-order chi connectivity index (χ1) is 38.5. The largest absolute Gasteiger partial charge is 0.465 e. The summed E-state index contributed by atoms with van der Waals surface area (Å²) in [6, 6.07) is 23.1. The monoisotopic (exact) mass is 1250 g/mol. The van der Waals surface area contributed by atoms with Gasteiger partial charge in [-0.2, -0.15) is 54.0 Å². The molecule has 0 unspecified atom stereocenters. The molecule has 4 aliphatic heterocycles. The molecule has 0 saturated carbocycles. The summed E-state index contributed by atoms with van der Waals surface area (Å²) in [5.41, 5.74) is 14.5. The SMILES string of the molecule is CC(=O)N1CC[C@@]2(Cc3ccc(C(=O)NO)cc3C2)C1.COC(=O)c1ccc2c(c1)C[C@]1(CCN(C(=O)OC(C)(C)C)C1)C2.COC(=O)c1ccc2c(c1)C[C@]1(CCN(C(C)=O)C1)C2.COC(=O)c1ccc2c(c1)C[C@]1(CCNC1)C2.S.S.S.S. The maximum atomic E-state index is 12.3. The van der Waals surface area contributed by atoms with Crippen molar-refractivity contribution in [1.82, 2.24) is 25.5 Å². The number of hydrogen-bond acceptors (Lipinski definition) is 13. The number of likely N-dealkylation sites (tertiary alicyclic amines) is 3. The number of ether oxygens (including phenoxy) is 4. The second-order valence-corrected chi connectivity index (χ2v) is 25.2. The van der Waals surface area contributed by atoms with Crippen LogP contribution in [0.1, 0.15) is 146 Å². The molecule has 464 valence electrons. The van der Waals surface area contributed by atoms with Crippen LogP contribution in [0.2, 0.25) is 0 Å². The molecule has 85 heavy (non-hydrogen) atoms. The predicted octanol–water partition coefficient (Wildman–Crippen LogP) is 8.15. The van der Waals surface area contributed by atoms with E-state index in [9.17, 15) is 33.6 Å². The molecule has 4 atom stereocenters. The van der Waals surface area contributed by atoms with E-state index in [2.05, 4.69) is 11.4 Å². The Morgan fingerprint density at radius 1 is 0.471 bits per heavy atom. The van der Waals surface area contributed by atoms with Gasteiger partial charge in [0.05, 0.1) is 38.0 Å². The van der Waals surface area contributed by atoms with Gasteiger partial charge in [0, 0.05) is 65.2 Å². The fourth-order valence-corrected chi connectivity index (χ4v) is 14.1. The number of carbonyl (C=O) groups excluding carboxylic acids is 7. The van der Waals surface area contributed by atoms with E-state index in [1.807, 2.05) is 96.1 Å². The van der Waals surface area contributed by atoms with Gasteiger partial charge in [-0.1, -0.05) is 24.3 Å². The van der Waals surface area contributed by atoms with Gasteiger partial charge >= 0.3 is 24.0 Å². The maximum Gasteiger partial charge on any atom is 0.410 e. The minimum absolute atomic E-state index is 0. The van der Waals surface area contributed by atoms with Crippen LogP contribution in [-0.2, 0) is 79.9 Å². The summed E-state index contributed by atoms with van der Waals surface area (Å²) in [4.78, 5) is 87.2. The number of hydroxylamine groups is 1. The highest BCUT2D eigenvalue weighted by atomic mass is 32.1. The molecule has 8 aliphatic rings. The number of carbonyl (C=O) groups is 7. The Morgan fingerprint density at radius 2 is 0.788 bits per heavy atom. The van der Waals surface area contributed by atoms with Crippen LogP contribution in [0.25, 0.3) is 0 Å². The van der Waals surface area contributed by atoms with Crippen molar-refractivity contribution in [2.24, 2.45) is 21.7 Å². The number of hydrogen-bond donors (Lipinski definition) is 3. The van der Waals surface area contributed by atoms with Crippen molar-refractivity contribution in [3.63, 3.8) is 0 Å². The minimum atomic E-state index is -0.481. The molecule has 3 N–H and O–H groups in total. The lowest BCUT2D eigenvalue weighted by Crippen LogP contribution is -2.37. The summed E-state index contributed by atoms with van der Waals surface area (Å²) < 4.78 is 19.8. The number of esters is 3. The molecule has 4 spiro atoms. The Kier molecular flexibility index (Phi) is 23.4. The lowest BCUT2D eigenvalue weighted by atomic mass is 9.84. The van der Waals surface area contributed by atoms with Gasteiger partial charge in [0.25, 0.3) is 5.91 Å². The van der Waals surface area contributed by atoms with Crippen LogP contribution in [0.15, 0.2) is 72.8 Å². The summed E-state index contributed by atoms with van der Waals surface area (Å²) in [6.45, 7) is 15.9. The second kappa shape index (κ2) is 28.4. The Labute approximate surface area is 528 Å². The molecule has 4 amide bonds. The molecule has 4 heterocycles. The van der Waals surface area contributed by atoms with Gasteiger partial charge < -0.3 is 39.0 Å². The molecule has 21 heteroatoms. The smallest absolute Gasteiger partial charge is 0.410 e. The van der Waals surface area contributed by atoms with Crippen molar-refractivity contribution < 1.29 is 57.7 Å². The van der Waals surface area contributed by atoms with E-state index in [0.29, 0.717) is 34.2 Å². The zero-order chi connectivity index (χ0) is 58.1. The number of amides is 4. The molecule has 4 aromatic carbocycles. The topological polar surface area (TPSA) is 210 Å². The van der Waals surface area contributed by atoms with Gasteiger partial charge in [-0.05, 0) is 219 Å². The normalized spacial score (nSPS) is 22.9. The van der Waals surface area contributed by atoms with E-state index in [1.165, 1.54) is 66.7 Å². The summed E-state index contributed by atoms with van der Waals surface area (Å²) in [7, 11) is 4.23. The minimum Gasteiger partial charge on any atom is -0.465 e. The van der Waals surface area contributed by atoms with Crippen molar-refractivity contribution in [3.8, 4) is 0 Å². The molecule has 0 bridgehead atoms. The number of benzene rings is 4. The van der Waals surface area contributed by atoms with Crippen LogP contribution < -0.4 is 10.8 Å². The lowest BCUT2D eigenvalue weighted by molar-refractivity contribution is -0.129. The summed E-state index contributed by atoms with van der Waals surface area (Å²) in [6.07, 6.45) is 12.0. The molecule has 4 fully saturated rings. The summed E-state index contributed by atoms with van der Waals surface area (Å²) in [5.74, 6) is -1.01. The van der Waals surface area contributed by atoms with E-state index in [1.54, 1.807) is 25.4 Å². The molecular formula is C64H87N5O12S4. The first-order valence-electron chi connectivity index (χ1n) is 28.4. The van der Waals surface area contributed by atoms with E-state index in [0.717, 1.165) is 122 Å². The van der Waals surface area contributed by atoms with Gasteiger partial charge in [0.2, 0.25) is 11.8 Å². The van der Waals surface area contributed by atoms with Crippen molar-refractivity contribution in [2.75, 3.05) is 73.7 Å². The third-order valence-corrected chi connectivity index (χ3v) is 18.2. The zero-order valence-corrected chi connectivity index (χ0v) is 54.3. The van der Waals surface area contributed by atoms with Gasteiger partial charge in [-0.15, -0.1) is 0 Å². The third-order valence-electron chi connectivity index (χ3n) is 18.2. The summed E-state index contributed by atoms with van der Waals surface area (Å²) >= 11 is 0. The van der Waals surface area contributed by atoms with Gasteiger partial charge in [0.15, 0.2) is 0 Å². The highest BCUT2D eigenvalue weighted by Crippen LogP contribution is 2.47. The first-order valence-corrected chi connectivity index (χ1v) is 28.4. The van der Waals surface area contributed by atoms with Crippen LogP contribution in [0.4, 0.5) is 4.79 Å². The number of nitrogens with zero attached hydrogens (tertiary/aromatic N) is 3. The molecular weight excluding hydrogens is 1160 g/mol. The average molecular weight is 1250 g/mol. The number of nitrogens with one attached hydrogen (secondary N) is 2. The molecule has 4 aliphatic carbocycles. The van der Waals surface area contributed by atoms with Gasteiger partial charge in [-0.3, -0.25) is 19.6 Å². The van der Waals surface area contributed by atoms with Crippen molar-refractivity contribution in [2.45, 2.75) is 117 Å². The zero-order valence-electron chi connectivity index (χ0n) is 50.3. The van der Waals surface area contributed by atoms with Crippen molar-refractivity contribution >= 4 is 95.7 Å². The van der Waals surface area contributed by atoms with Crippen molar-refractivity contribution in [1.29, 1.82) is 0 Å². The van der Waals surface area contributed by atoms with Crippen LogP contribution in [0.5, 0.6) is 0 Å². The molecule has 17 nitrogen and oxygen atoms in total. The first kappa shape index (κ1) is 70.1. The Balaban J connectivity index is 0.000000205. The number of fused-ring (bicyclic) bond motifs is 4. The molecule has 4 saturated heterocycles. The van der Waals surface area contributed by atoms with Crippen LogP contribution >= 0.6 is 54.0 Å². The van der Waals surface area contributed by atoms with E-state index in [4.69, 9.17) is 24.2 Å². The van der Waals surface area contributed by atoms with Gasteiger partial charge in [-0.25, -0.2) is 24.7 Å². The molecule has 0 radical (unpaired) electrons. The van der Waals surface area contributed by atoms with E-state index < -0.39 is 11.5 Å². The molecule has 4 aromatic rings. The third kappa shape index (κ3) is 15.9. The maximum absolute atomic E-state index is 12.3. The highest BCUT2D eigenvalue weighted by Gasteiger charge is 2.47. The number of methoxy groups -OCH3 is 3. The highest BCUT2D eigenvalue weighted by molar-refractivity contribution is 7.59. The fraction of sp³-hybridized carbons (Fsp3) is 0.516. The van der Waals surface area contributed by atoms with Crippen LogP contribution in [0, 0.1) is 21.7 Å². The number of rotatable bonds is 4. The average Bonchev–Trinajstić information content (AvgIpc) is 1.94. The van der Waals surface area contributed by atoms with Crippen molar-refractivity contribution in [3.05, 3.63) is 140 Å². The predicted molar refractivity (Wildman–Crippen MR) is 344 cm³/mol. The molecule has 12 rings (SSSR count). The summed E-state index contributed by atoms with van der Waals surface area (Å²) in [5, 5.41) is 12.1. The Morgan fingerprint density at radius 3 is 1.11 bits per heavy atom. The van der Waals surface area contributed by atoms with Crippen LogP contribution in [0.3, 0.4) is 0 Å². The second-order valence-electron chi connectivity index (χ2n) is 25.2. The lowest BCUT2D eigenvalue weighted by Gasteiger charge is -2.26. The van der Waals surface area contributed by atoms with E-state index in [-0.39, 0.29) is 106 Å².